The van der Waals surface area contributed by atoms with Crippen molar-refractivity contribution < 1.29 is 14.2 Å². The molecule has 1 aliphatic rings. The highest BCUT2D eigenvalue weighted by molar-refractivity contribution is 6.17. The number of methoxy groups -OCH3 is 2. The van der Waals surface area contributed by atoms with Crippen LogP contribution in [0.3, 0.4) is 0 Å². The maximum Gasteiger partial charge on any atom is 0.161 e. The van der Waals surface area contributed by atoms with Gasteiger partial charge in [0, 0.05) is 11.8 Å². The van der Waals surface area contributed by atoms with Crippen LogP contribution in [0.5, 0.6) is 11.5 Å². The molecular formula is C14H19ClO3. The van der Waals surface area contributed by atoms with E-state index in [4.69, 9.17) is 25.8 Å². The van der Waals surface area contributed by atoms with Crippen LogP contribution in [0, 0.1) is 0 Å². The van der Waals surface area contributed by atoms with Crippen molar-refractivity contribution in [1.82, 2.24) is 0 Å². The van der Waals surface area contributed by atoms with Crippen LogP contribution >= 0.6 is 11.6 Å². The molecule has 2 rings (SSSR count). The second-order valence-electron chi connectivity index (χ2n) is 4.54. The van der Waals surface area contributed by atoms with Crippen LogP contribution in [-0.4, -0.2) is 26.7 Å². The number of fused-ring (bicyclic) bond motifs is 1. The summed E-state index contributed by atoms with van der Waals surface area (Å²) in [5.74, 6) is 2.47. The Morgan fingerprint density at radius 2 is 1.83 bits per heavy atom. The zero-order valence-corrected chi connectivity index (χ0v) is 11.8. The van der Waals surface area contributed by atoms with E-state index in [9.17, 15) is 0 Å². The fourth-order valence-electron chi connectivity index (χ4n) is 2.39. The van der Waals surface area contributed by atoms with Crippen molar-refractivity contribution in [2.45, 2.75) is 25.4 Å². The van der Waals surface area contributed by atoms with Crippen LogP contribution in [0.15, 0.2) is 12.1 Å². The lowest BCUT2D eigenvalue weighted by atomic mass is 9.89. The molecule has 0 saturated heterocycles. The minimum atomic E-state index is 0.0634. The quantitative estimate of drug-likeness (QED) is 0.784. The van der Waals surface area contributed by atoms with Gasteiger partial charge in [0.1, 0.15) is 0 Å². The van der Waals surface area contributed by atoms with Crippen LogP contribution in [0.1, 0.15) is 36.5 Å². The average molecular weight is 271 g/mol. The third-order valence-corrected chi connectivity index (χ3v) is 3.60. The second kappa shape index (κ2) is 5.81. The lowest BCUT2D eigenvalue weighted by Crippen LogP contribution is -2.20. The van der Waals surface area contributed by atoms with Gasteiger partial charge in [0.05, 0.1) is 26.9 Å². The summed E-state index contributed by atoms with van der Waals surface area (Å²) < 4.78 is 16.6. The second-order valence-corrected chi connectivity index (χ2v) is 4.91. The van der Waals surface area contributed by atoms with E-state index in [1.165, 1.54) is 11.1 Å². The molecular weight excluding hydrogens is 252 g/mol. The molecule has 2 unspecified atom stereocenters. The number of hydrogen-bond donors (Lipinski definition) is 0. The van der Waals surface area contributed by atoms with E-state index in [-0.39, 0.29) is 6.10 Å². The highest BCUT2D eigenvalue weighted by Crippen LogP contribution is 2.41. The lowest BCUT2D eigenvalue weighted by molar-refractivity contribution is 0.0284. The highest BCUT2D eigenvalue weighted by atomic mass is 35.5. The molecule has 4 heteroatoms. The maximum absolute atomic E-state index is 5.85. The summed E-state index contributed by atoms with van der Waals surface area (Å²) in [6.07, 6.45) is 0.880. The number of ether oxygens (including phenoxy) is 3. The minimum Gasteiger partial charge on any atom is -0.493 e. The first-order valence-electron chi connectivity index (χ1n) is 6.14. The van der Waals surface area contributed by atoms with E-state index in [1.54, 1.807) is 14.2 Å². The summed E-state index contributed by atoms with van der Waals surface area (Å²) in [7, 11) is 3.30. The predicted molar refractivity (Wildman–Crippen MR) is 72.0 cm³/mol. The zero-order chi connectivity index (χ0) is 13.1. The van der Waals surface area contributed by atoms with Crippen molar-refractivity contribution in [3.05, 3.63) is 23.3 Å². The molecule has 3 nitrogen and oxygen atoms in total. The molecule has 0 spiro atoms. The Morgan fingerprint density at radius 3 is 2.39 bits per heavy atom. The van der Waals surface area contributed by atoms with Gasteiger partial charge in [0.25, 0.3) is 0 Å². The predicted octanol–water partition coefficient (Wildman–Crippen LogP) is 3.51. The fraction of sp³-hybridized carbons (Fsp3) is 0.571. The van der Waals surface area contributed by atoms with Crippen molar-refractivity contribution in [2.24, 2.45) is 0 Å². The number of hydrogen-bond acceptors (Lipinski definition) is 3. The van der Waals surface area contributed by atoms with Gasteiger partial charge in [-0.1, -0.05) is 6.92 Å². The summed E-state index contributed by atoms with van der Waals surface area (Å²) >= 11 is 5.83. The Labute approximate surface area is 113 Å². The molecule has 18 heavy (non-hydrogen) atoms. The summed E-state index contributed by atoms with van der Waals surface area (Å²) in [4.78, 5) is 0. The zero-order valence-electron chi connectivity index (χ0n) is 11.0. The highest BCUT2D eigenvalue weighted by Gasteiger charge is 2.27. The lowest BCUT2D eigenvalue weighted by Gasteiger charge is -2.30. The Balaban J connectivity index is 2.46. The third kappa shape index (κ3) is 2.43. The molecule has 0 aromatic heterocycles. The molecule has 0 aliphatic carbocycles. The number of alkyl halides is 1. The standard InChI is InChI=1S/C14H19ClO3/c1-9-8-18-12(4-5-15)11-7-14(17-3)13(16-2)6-10(9)11/h6-7,9,12H,4-5,8H2,1-3H3. The molecule has 0 N–H and O–H groups in total. The molecule has 0 bridgehead atoms. The summed E-state index contributed by atoms with van der Waals surface area (Å²) in [6, 6.07) is 4.07. The van der Waals surface area contributed by atoms with E-state index in [2.05, 4.69) is 13.0 Å². The number of rotatable bonds is 4. The van der Waals surface area contributed by atoms with E-state index >= 15 is 0 Å². The van der Waals surface area contributed by atoms with Gasteiger partial charge in [-0.15, -0.1) is 11.6 Å². The van der Waals surface area contributed by atoms with Crippen molar-refractivity contribution >= 4 is 11.6 Å². The molecule has 0 saturated carbocycles. The van der Waals surface area contributed by atoms with Gasteiger partial charge in [-0.2, -0.15) is 0 Å². The van der Waals surface area contributed by atoms with Crippen LogP contribution < -0.4 is 9.47 Å². The summed E-state index contributed by atoms with van der Waals surface area (Å²) in [5.41, 5.74) is 2.45. The summed E-state index contributed by atoms with van der Waals surface area (Å²) in [6.45, 7) is 2.88. The molecule has 1 aromatic carbocycles. The molecule has 100 valence electrons. The van der Waals surface area contributed by atoms with Crippen LogP contribution in [0.2, 0.25) is 0 Å². The van der Waals surface area contributed by atoms with E-state index < -0.39 is 0 Å². The smallest absolute Gasteiger partial charge is 0.161 e. The molecule has 2 atom stereocenters. The Bertz CT molecular complexity index is 420. The first-order valence-corrected chi connectivity index (χ1v) is 6.68. The maximum atomic E-state index is 5.85. The van der Waals surface area contributed by atoms with Crippen LogP contribution in [0.25, 0.3) is 0 Å². The molecule has 1 heterocycles. The molecule has 0 amide bonds. The van der Waals surface area contributed by atoms with Gasteiger partial charge >= 0.3 is 0 Å². The van der Waals surface area contributed by atoms with Crippen molar-refractivity contribution in [3.63, 3.8) is 0 Å². The monoisotopic (exact) mass is 270 g/mol. The van der Waals surface area contributed by atoms with E-state index in [0.29, 0.717) is 11.8 Å². The van der Waals surface area contributed by atoms with Gasteiger partial charge in [-0.3, -0.25) is 0 Å². The molecule has 1 aliphatic heterocycles. The minimum absolute atomic E-state index is 0.0634. The van der Waals surface area contributed by atoms with Gasteiger partial charge in [0.15, 0.2) is 11.5 Å². The van der Waals surface area contributed by atoms with Gasteiger partial charge < -0.3 is 14.2 Å². The topological polar surface area (TPSA) is 27.7 Å². The van der Waals surface area contributed by atoms with Crippen LogP contribution in [0.4, 0.5) is 0 Å². The Kier molecular flexibility index (Phi) is 4.36. The first kappa shape index (κ1) is 13.5. The molecule has 0 radical (unpaired) electrons. The van der Waals surface area contributed by atoms with Gasteiger partial charge in [-0.25, -0.2) is 0 Å². The van der Waals surface area contributed by atoms with E-state index in [1.807, 2.05) is 6.07 Å². The van der Waals surface area contributed by atoms with Crippen molar-refractivity contribution in [3.8, 4) is 11.5 Å². The largest absolute Gasteiger partial charge is 0.493 e. The van der Waals surface area contributed by atoms with Crippen molar-refractivity contribution in [2.75, 3.05) is 26.7 Å². The Morgan fingerprint density at radius 1 is 1.22 bits per heavy atom. The number of halogens is 1. The van der Waals surface area contributed by atoms with Gasteiger partial charge in [0.2, 0.25) is 0 Å². The Hall–Kier alpha value is -0.930. The van der Waals surface area contributed by atoms with Crippen molar-refractivity contribution in [1.29, 1.82) is 0 Å². The fourth-order valence-corrected chi connectivity index (χ4v) is 2.59. The normalized spacial score (nSPS) is 22.4. The molecule has 1 aromatic rings. The average Bonchev–Trinajstić information content (AvgIpc) is 2.41. The number of benzene rings is 1. The SMILES string of the molecule is COc1cc2c(cc1OC)C(CCCl)OCC2C. The van der Waals surface area contributed by atoms with Gasteiger partial charge in [-0.05, 0) is 29.7 Å². The third-order valence-electron chi connectivity index (χ3n) is 3.39. The van der Waals surface area contributed by atoms with E-state index in [0.717, 1.165) is 24.5 Å². The molecule has 0 fully saturated rings. The van der Waals surface area contributed by atoms with Crippen LogP contribution in [-0.2, 0) is 4.74 Å². The first-order chi connectivity index (χ1) is 8.71. The summed E-state index contributed by atoms with van der Waals surface area (Å²) in [5, 5.41) is 0.